The third-order valence-electron chi connectivity index (χ3n) is 2.59. The normalized spacial score (nSPS) is 18.2. The summed E-state index contributed by atoms with van der Waals surface area (Å²) >= 11 is 5.69. The van der Waals surface area contributed by atoms with Crippen LogP contribution in [0.2, 0.25) is 5.15 Å². The van der Waals surface area contributed by atoms with Crippen LogP contribution in [0.25, 0.3) is 0 Å². The molecule has 1 aliphatic heterocycles. The van der Waals surface area contributed by atoms with Crippen molar-refractivity contribution in [2.24, 2.45) is 0 Å². The largest absolute Gasteiger partial charge is 0.350 e. The Kier molecular flexibility index (Phi) is 2.52. The van der Waals surface area contributed by atoms with Crippen LogP contribution in [0.1, 0.15) is 13.8 Å². The van der Waals surface area contributed by atoms with Crippen LogP contribution in [0, 0.1) is 0 Å². The van der Waals surface area contributed by atoms with E-state index in [2.05, 4.69) is 4.98 Å². The van der Waals surface area contributed by atoms with Crippen molar-refractivity contribution in [1.29, 1.82) is 0 Å². The molecular weight excluding hydrogens is 266 g/mol. The number of hydrogen-bond acceptors (Lipinski definition) is 4. The summed E-state index contributed by atoms with van der Waals surface area (Å²) in [6.07, 6.45) is 1.10. The van der Waals surface area contributed by atoms with Crippen molar-refractivity contribution in [2.75, 3.05) is 10.6 Å². The summed E-state index contributed by atoms with van der Waals surface area (Å²) in [6.45, 7) is 3.75. The number of nitrogens with zero attached hydrogens (tertiary/aromatic N) is 3. The molecular formula is C9H12ClN3O3S. The lowest BCUT2D eigenvalue weighted by molar-refractivity contribution is 0.478. The van der Waals surface area contributed by atoms with Crippen LogP contribution in [-0.2, 0) is 16.6 Å². The Morgan fingerprint density at radius 1 is 1.47 bits per heavy atom. The Morgan fingerprint density at radius 3 is 2.59 bits per heavy atom. The van der Waals surface area contributed by atoms with Crippen LogP contribution in [-0.4, -0.2) is 29.8 Å². The molecule has 0 atom stereocenters. The number of aromatic nitrogens is 2. The molecule has 0 spiro atoms. The van der Waals surface area contributed by atoms with Gasteiger partial charge in [0.15, 0.2) is 0 Å². The smallest absolute Gasteiger partial charge is 0.275 e. The average Bonchev–Trinajstić information content (AvgIpc) is 2.34. The van der Waals surface area contributed by atoms with Gasteiger partial charge in [-0.25, -0.2) is 17.5 Å². The first kappa shape index (κ1) is 12.4. The zero-order chi connectivity index (χ0) is 13.0. The number of sulfonamides is 1. The molecule has 0 saturated heterocycles. The molecule has 0 amide bonds. The van der Waals surface area contributed by atoms with Crippen molar-refractivity contribution < 1.29 is 8.42 Å². The Hall–Kier alpha value is -1.08. The van der Waals surface area contributed by atoms with Crippen LogP contribution in [0.15, 0.2) is 10.9 Å². The molecule has 1 aromatic heterocycles. The van der Waals surface area contributed by atoms with Gasteiger partial charge in [0.1, 0.15) is 11.0 Å². The predicted molar refractivity (Wildman–Crippen MR) is 64.9 cm³/mol. The fourth-order valence-corrected chi connectivity index (χ4v) is 3.78. The summed E-state index contributed by atoms with van der Waals surface area (Å²) < 4.78 is 26.1. The highest BCUT2D eigenvalue weighted by atomic mass is 35.5. The van der Waals surface area contributed by atoms with E-state index in [1.54, 1.807) is 13.8 Å². The Morgan fingerprint density at radius 2 is 2.06 bits per heavy atom. The van der Waals surface area contributed by atoms with Gasteiger partial charge >= 0.3 is 5.69 Å². The molecule has 6 nitrogen and oxygen atoms in total. The second kappa shape index (κ2) is 3.46. The van der Waals surface area contributed by atoms with Gasteiger partial charge in [-0.1, -0.05) is 11.6 Å². The van der Waals surface area contributed by atoms with Gasteiger partial charge in [-0.15, -0.1) is 0 Å². The lowest BCUT2D eigenvalue weighted by Crippen LogP contribution is -2.44. The van der Waals surface area contributed by atoms with Gasteiger partial charge in [0.05, 0.1) is 18.3 Å². The molecule has 8 heteroatoms. The van der Waals surface area contributed by atoms with Gasteiger partial charge in [0.2, 0.25) is 10.0 Å². The topological polar surface area (TPSA) is 72.3 Å². The zero-order valence-corrected chi connectivity index (χ0v) is 11.2. The summed E-state index contributed by atoms with van der Waals surface area (Å²) in [5.41, 5.74) is -1.24. The molecule has 2 heterocycles. The monoisotopic (exact) mass is 277 g/mol. The van der Waals surface area contributed by atoms with Crippen molar-refractivity contribution in [2.45, 2.75) is 25.9 Å². The summed E-state index contributed by atoms with van der Waals surface area (Å²) in [5, 5.41) is -0.00685. The molecule has 0 aromatic carbocycles. The van der Waals surface area contributed by atoms with Crippen LogP contribution >= 0.6 is 11.6 Å². The van der Waals surface area contributed by atoms with Crippen LogP contribution in [0.4, 0.5) is 5.82 Å². The van der Waals surface area contributed by atoms with E-state index in [1.165, 1.54) is 14.9 Å². The van der Waals surface area contributed by atoms with Crippen molar-refractivity contribution in [3.05, 3.63) is 21.7 Å². The SMILES string of the molecule is CC1(C)Cn2c(cc(Cl)nc2=O)N1S(C)(=O)=O. The molecule has 0 radical (unpaired) electrons. The van der Waals surface area contributed by atoms with E-state index in [0.717, 1.165) is 6.26 Å². The molecule has 1 aliphatic rings. The second-order valence-electron chi connectivity index (χ2n) is 4.65. The van der Waals surface area contributed by atoms with E-state index in [0.29, 0.717) is 0 Å². The molecule has 1 aromatic rings. The Balaban J connectivity index is 2.77. The number of fused-ring (bicyclic) bond motifs is 1. The van der Waals surface area contributed by atoms with Gasteiger partial charge in [-0.05, 0) is 13.8 Å². The average molecular weight is 278 g/mol. The van der Waals surface area contributed by atoms with Gasteiger partial charge in [0.25, 0.3) is 0 Å². The van der Waals surface area contributed by atoms with E-state index < -0.39 is 21.3 Å². The fourth-order valence-electron chi connectivity index (χ4n) is 2.16. The van der Waals surface area contributed by atoms with E-state index in [9.17, 15) is 13.2 Å². The van der Waals surface area contributed by atoms with Crippen molar-refractivity contribution in [1.82, 2.24) is 9.55 Å². The third kappa shape index (κ3) is 1.93. The highest BCUT2D eigenvalue weighted by Crippen LogP contribution is 2.34. The molecule has 0 bridgehead atoms. The van der Waals surface area contributed by atoms with E-state index in [-0.39, 0.29) is 17.5 Å². The third-order valence-corrected chi connectivity index (χ3v) is 4.13. The summed E-state index contributed by atoms with van der Waals surface area (Å²) in [7, 11) is -3.47. The molecule has 94 valence electrons. The lowest BCUT2D eigenvalue weighted by atomic mass is 10.1. The number of anilines is 1. The van der Waals surface area contributed by atoms with Crippen LogP contribution in [0.3, 0.4) is 0 Å². The zero-order valence-electron chi connectivity index (χ0n) is 9.64. The maximum atomic E-state index is 11.8. The Bertz CT molecular complexity index is 635. The first-order chi connectivity index (χ1) is 7.63. The lowest BCUT2D eigenvalue weighted by Gasteiger charge is -2.29. The highest BCUT2D eigenvalue weighted by Gasteiger charge is 2.42. The number of hydrogen-bond donors (Lipinski definition) is 0. The summed E-state index contributed by atoms with van der Waals surface area (Å²) in [6, 6.07) is 1.39. The van der Waals surface area contributed by atoms with E-state index >= 15 is 0 Å². The number of rotatable bonds is 1. The first-order valence-corrected chi connectivity index (χ1v) is 7.13. The minimum Gasteiger partial charge on any atom is -0.275 e. The molecule has 0 aliphatic carbocycles. The van der Waals surface area contributed by atoms with E-state index in [4.69, 9.17) is 11.6 Å². The van der Waals surface area contributed by atoms with Gasteiger partial charge < -0.3 is 0 Å². The standard InChI is InChI=1S/C9H12ClN3O3S/c1-9(2)5-12-7(13(9)17(3,15)16)4-6(10)11-8(12)14/h4H,5H2,1-3H3. The minimum absolute atomic E-state index is 0.00685. The molecule has 0 saturated carbocycles. The number of halogens is 1. The van der Waals surface area contributed by atoms with E-state index in [1.807, 2.05) is 0 Å². The quantitative estimate of drug-likeness (QED) is 0.699. The molecule has 0 N–H and O–H groups in total. The van der Waals surface area contributed by atoms with Crippen LogP contribution in [0.5, 0.6) is 0 Å². The van der Waals surface area contributed by atoms with Crippen molar-refractivity contribution >= 4 is 27.4 Å². The van der Waals surface area contributed by atoms with Crippen molar-refractivity contribution in [3.8, 4) is 0 Å². The summed E-state index contributed by atoms with van der Waals surface area (Å²) in [5.74, 6) is 0.266. The van der Waals surface area contributed by atoms with Gasteiger partial charge in [0, 0.05) is 6.07 Å². The maximum absolute atomic E-state index is 11.8. The molecule has 0 unspecified atom stereocenters. The van der Waals surface area contributed by atoms with Gasteiger partial charge in [-0.3, -0.25) is 4.57 Å². The molecule has 0 fully saturated rings. The molecule has 17 heavy (non-hydrogen) atoms. The van der Waals surface area contributed by atoms with Gasteiger partial charge in [-0.2, -0.15) is 4.98 Å². The first-order valence-electron chi connectivity index (χ1n) is 4.91. The summed E-state index contributed by atoms with van der Waals surface area (Å²) in [4.78, 5) is 15.2. The fraction of sp³-hybridized carbons (Fsp3) is 0.556. The second-order valence-corrected chi connectivity index (χ2v) is 6.86. The minimum atomic E-state index is -3.47. The Labute approximate surface area is 104 Å². The highest BCUT2D eigenvalue weighted by molar-refractivity contribution is 7.92. The van der Waals surface area contributed by atoms with Crippen molar-refractivity contribution in [3.63, 3.8) is 0 Å². The van der Waals surface area contributed by atoms with Crippen LogP contribution < -0.4 is 9.99 Å². The maximum Gasteiger partial charge on any atom is 0.350 e. The molecule has 2 rings (SSSR count). The predicted octanol–water partition coefficient (Wildman–Crippen LogP) is 0.455.